The highest BCUT2D eigenvalue weighted by atomic mass is 32.1. The summed E-state index contributed by atoms with van der Waals surface area (Å²) in [5, 5.41) is 12.1. The van der Waals surface area contributed by atoms with Crippen LogP contribution in [-0.2, 0) is 6.42 Å². The zero-order valence-electron chi connectivity index (χ0n) is 10.9. The van der Waals surface area contributed by atoms with Crippen LogP contribution in [0.5, 0.6) is 0 Å². The van der Waals surface area contributed by atoms with E-state index in [9.17, 15) is 4.79 Å². The quantitative estimate of drug-likeness (QED) is 0.841. The Hall–Kier alpha value is -1.95. The number of benzene rings is 1. The first-order chi connectivity index (χ1) is 9.10. The Morgan fingerprint density at radius 1 is 1.42 bits per heavy atom. The largest absolute Gasteiger partial charge is 0.398 e. The van der Waals surface area contributed by atoms with Gasteiger partial charge in [-0.3, -0.25) is 10.1 Å². The Morgan fingerprint density at radius 3 is 2.95 bits per heavy atom. The van der Waals surface area contributed by atoms with Gasteiger partial charge in [-0.1, -0.05) is 29.9 Å². The van der Waals surface area contributed by atoms with Gasteiger partial charge in [0.05, 0.1) is 5.56 Å². The first-order valence-electron chi connectivity index (χ1n) is 6.10. The third-order valence-electron chi connectivity index (χ3n) is 2.60. The van der Waals surface area contributed by atoms with Gasteiger partial charge in [0.1, 0.15) is 5.01 Å². The van der Waals surface area contributed by atoms with E-state index in [-0.39, 0.29) is 5.91 Å². The lowest BCUT2D eigenvalue weighted by molar-refractivity contribution is 0.102. The molecule has 19 heavy (non-hydrogen) atoms. The number of hydrogen-bond donors (Lipinski definition) is 2. The summed E-state index contributed by atoms with van der Waals surface area (Å²) in [6.45, 7) is 3.99. The van der Waals surface area contributed by atoms with Gasteiger partial charge in [-0.05, 0) is 25.5 Å². The Labute approximate surface area is 115 Å². The molecule has 3 N–H and O–H groups in total. The molecular weight excluding hydrogens is 260 g/mol. The van der Waals surface area contributed by atoms with Gasteiger partial charge >= 0.3 is 0 Å². The minimum absolute atomic E-state index is 0.250. The van der Waals surface area contributed by atoms with Crippen LogP contribution in [0.15, 0.2) is 18.2 Å². The maximum Gasteiger partial charge on any atom is 0.259 e. The van der Waals surface area contributed by atoms with Crippen molar-refractivity contribution in [2.45, 2.75) is 26.7 Å². The van der Waals surface area contributed by atoms with Crippen LogP contribution >= 0.6 is 11.3 Å². The topological polar surface area (TPSA) is 80.9 Å². The van der Waals surface area contributed by atoms with E-state index >= 15 is 0 Å². The zero-order valence-corrected chi connectivity index (χ0v) is 11.8. The van der Waals surface area contributed by atoms with Gasteiger partial charge in [0, 0.05) is 12.1 Å². The molecule has 1 aromatic heterocycles. The Bertz CT molecular complexity index is 594. The van der Waals surface area contributed by atoms with Gasteiger partial charge in [-0.2, -0.15) is 0 Å². The summed E-state index contributed by atoms with van der Waals surface area (Å²) in [4.78, 5) is 12.1. The van der Waals surface area contributed by atoms with Crippen molar-refractivity contribution in [1.82, 2.24) is 10.2 Å². The second kappa shape index (κ2) is 5.79. The molecule has 1 heterocycles. The molecule has 0 aliphatic heterocycles. The molecule has 1 amide bonds. The van der Waals surface area contributed by atoms with E-state index in [0.29, 0.717) is 16.4 Å². The smallest absolute Gasteiger partial charge is 0.259 e. The summed E-state index contributed by atoms with van der Waals surface area (Å²) >= 11 is 1.40. The molecule has 5 nitrogen and oxygen atoms in total. The highest BCUT2D eigenvalue weighted by molar-refractivity contribution is 7.15. The van der Waals surface area contributed by atoms with Crippen LogP contribution in [0, 0.1) is 6.92 Å². The van der Waals surface area contributed by atoms with Crippen LogP contribution in [0.4, 0.5) is 10.8 Å². The average molecular weight is 276 g/mol. The molecule has 0 saturated heterocycles. The monoisotopic (exact) mass is 276 g/mol. The van der Waals surface area contributed by atoms with Crippen molar-refractivity contribution in [3.63, 3.8) is 0 Å². The van der Waals surface area contributed by atoms with Crippen LogP contribution in [0.3, 0.4) is 0 Å². The molecule has 2 aromatic rings. The number of anilines is 2. The van der Waals surface area contributed by atoms with E-state index in [0.717, 1.165) is 23.4 Å². The number of aryl methyl sites for hydroxylation is 2. The highest BCUT2D eigenvalue weighted by Gasteiger charge is 2.12. The Morgan fingerprint density at radius 2 is 2.21 bits per heavy atom. The predicted octanol–water partition coefficient (Wildman–Crippen LogP) is 2.63. The number of carbonyl (C=O) groups excluding carboxylic acids is 1. The molecule has 100 valence electrons. The van der Waals surface area contributed by atoms with E-state index in [1.165, 1.54) is 11.3 Å². The Balaban J connectivity index is 2.13. The van der Waals surface area contributed by atoms with Gasteiger partial charge in [-0.25, -0.2) is 0 Å². The van der Waals surface area contributed by atoms with Crippen LogP contribution in [0.2, 0.25) is 0 Å². The van der Waals surface area contributed by atoms with E-state index in [2.05, 4.69) is 22.4 Å². The van der Waals surface area contributed by atoms with E-state index in [1.54, 1.807) is 12.1 Å². The number of aromatic nitrogens is 2. The number of nitrogens with zero attached hydrogens (tertiary/aromatic N) is 2. The summed E-state index contributed by atoms with van der Waals surface area (Å²) in [6.07, 6.45) is 1.88. The molecule has 0 radical (unpaired) electrons. The normalized spacial score (nSPS) is 10.4. The second-order valence-corrected chi connectivity index (χ2v) is 5.36. The zero-order chi connectivity index (χ0) is 13.8. The standard InChI is InChI=1S/C13H16N4OS/c1-3-4-11-16-17-13(19-11)15-12(18)9-7-8(2)5-6-10(9)14/h5-7H,3-4,14H2,1-2H3,(H,15,17,18). The van der Waals surface area contributed by atoms with E-state index in [4.69, 9.17) is 5.73 Å². The molecule has 0 saturated carbocycles. The summed E-state index contributed by atoms with van der Waals surface area (Å²) in [5.41, 5.74) is 7.72. The van der Waals surface area contributed by atoms with Crippen molar-refractivity contribution in [3.05, 3.63) is 34.3 Å². The minimum Gasteiger partial charge on any atom is -0.398 e. The SMILES string of the molecule is CCCc1nnc(NC(=O)c2cc(C)ccc2N)s1. The van der Waals surface area contributed by atoms with Crippen LogP contribution in [0.1, 0.15) is 34.3 Å². The molecule has 6 heteroatoms. The third-order valence-corrected chi connectivity index (χ3v) is 3.50. The van der Waals surface area contributed by atoms with Crippen LogP contribution < -0.4 is 11.1 Å². The van der Waals surface area contributed by atoms with E-state index < -0.39 is 0 Å². The molecule has 0 bridgehead atoms. The second-order valence-electron chi connectivity index (χ2n) is 4.30. The number of nitrogens with one attached hydrogen (secondary N) is 1. The maximum absolute atomic E-state index is 12.1. The fraction of sp³-hybridized carbons (Fsp3) is 0.308. The number of nitrogens with two attached hydrogens (primary N) is 1. The molecule has 0 aliphatic rings. The molecule has 0 unspecified atom stereocenters. The summed E-state index contributed by atoms with van der Waals surface area (Å²) in [7, 11) is 0. The number of hydrogen-bond acceptors (Lipinski definition) is 5. The maximum atomic E-state index is 12.1. The van der Waals surface area contributed by atoms with Gasteiger partial charge in [0.15, 0.2) is 0 Å². The lowest BCUT2D eigenvalue weighted by Gasteiger charge is -2.05. The molecule has 0 spiro atoms. The van der Waals surface area contributed by atoms with Crippen molar-refractivity contribution >= 4 is 28.1 Å². The van der Waals surface area contributed by atoms with Crippen molar-refractivity contribution < 1.29 is 4.79 Å². The molecule has 2 rings (SSSR count). The van der Waals surface area contributed by atoms with Crippen molar-refractivity contribution in [2.24, 2.45) is 0 Å². The van der Waals surface area contributed by atoms with Crippen molar-refractivity contribution in [1.29, 1.82) is 0 Å². The number of rotatable bonds is 4. The van der Waals surface area contributed by atoms with Crippen LogP contribution in [-0.4, -0.2) is 16.1 Å². The first kappa shape index (κ1) is 13.5. The Kier molecular flexibility index (Phi) is 4.11. The van der Waals surface area contributed by atoms with Gasteiger partial charge in [0.25, 0.3) is 5.91 Å². The van der Waals surface area contributed by atoms with Gasteiger partial charge < -0.3 is 5.73 Å². The fourth-order valence-electron chi connectivity index (χ4n) is 1.65. The molecule has 0 aliphatic carbocycles. The minimum atomic E-state index is -0.250. The van der Waals surface area contributed by atoms with Crippen molar-refractivity contribution in [2.75, 3.05) is 11.1 Å². The summed E-state index contributed by atoms with van der Waals surface area (Å²) < 4.78 is 0. The fourth-order valence-corrected chi connectivity index (χ4v) is 2.49. The number of amides is 1. The highest BCUT2D eigenvalue weighted by Crippen LogP contribution is 2.19. The lowest BCUT2D eigenvalue weighted by Crippen LogP contribution is -2.14. The summed E-state index contributed by atoms with van der Waals surface area (Å²) in [5.74, 6) is -0.250. The number of carbonyl (C=O) groups is 1. The van der Waals surface area contributed by atoms with Gasteiger partial charge in [0.2, 0.25) is 5.13 Å². The molecule has 0 atom stereocenters. The third kappa shape index (κ3) is 3.29. The van der Waals surface area contributed by atoms with Crippen LogP contribution in [0.25, 0.3) is 0 Å². The molecule has 0 fully saturated rings. The molecule has 1 aromatic carbocycles. The number of nitrogen functional groups attached to an aromatic ring is 1. The van der Waals surface area contributed by atoms with E-state index in [1.807, 2.05) is 13.0 Å². The molecular formula is C13H16N4OS. The predicted molar refractivity (Wildman–Crippen MR) is 77.4 cm³/mol. The van der Waals surface area contributed by atoms with Gasteiger partial charge in [-0.15, -0.1) is 10.2 Å². The lowest BCUT2D eigenvalue weighted by atomic mass is 10.1. The first-order valence-corrected chi connectivity index (χ1v) is 6.91. The van der Waals surface area contributed by atoms with Crippen molar-refractivity contribution in [3.8, 4) is 0 Å². The average Bonchev–Trinajstić information content (AvgIpc) is 2.80. The summed E-state index contributed by atoms with van der Waals surface area (Å²) in [6, 6.07) is 5.36.